The number of hydrogen-bond acceptors (Lipinski definition) is 4. The molecule has 0 aliphatic carbocycles. The fourth-order valence-corrected chi connectivity index (χ4v) is 3.34. The SMILES string of the molecule is O=C(Nc1cc(F)c(F)c(F)c1)c1ccc(F)c(C(F)(F)C(=O)N2CCC(O)(CO)CC2)c1. The molecule has 3 N–H and O–H groups in total. The van der Waals surface area contributed by atoms with Crippen LogP contribution < -0.4 is 5.32 Å². The summed E-state index contributed by atoms with van der Waals surface area (Å²) in [5.74, 6) is -13.8. The molecular formula is C21H18F6N2O4. The lowest BCUT2D eigenvalue weighted by atomic mass is 9.91. The maximum atomic E-state index is 14.9. The highest BCUT2D eigenvalue weighted by molar-refractivity contribution is 6.04. The van der Waals surface area contributed by atoms with E-state index in [2.05, 4.69) is 0 Å². The van der Waals surface area contributed by atoms with Crippen LogP contribution in [0.4, 0.5) is 32.0 Å². The first-order chi connectivity index (χ1) is 15.4. The summed E-state index contributed by atoms with van der Waals surface area (Å²) < 4.78 is 83.6. The number of anilines is 1. The Kier molecular flexibility index (Phi) is 6.70. The van der Waals surface area contributed by atoms with E-state index in [4.69, 9.17) is 5.11 Å². The molecule has 6 nitrogen and oxygen atoms in total. The van der Waals surface area contributed by atoms with Crippen LogP contribution in [-0.2, 0) is 10.7 Å². The Hall–Kier alpha value is -3.12. The second-order valence-corrected chi connectivity index (χ2v) is 7.65. The summed E-state index contributed by atoms with van der Waals surface area (Å²) in [7, 11) is 0. The molecule has 1 aliphatic rings. The number of carbonyl (C=O) groups excluding carboxylic acids is 2. The Bertz CT molecular complexity index is 1060. The summed E-state index contributed by atoms with van der Waals surface area (Å²) in [6, 6.07) is 2.68. The standard InChI is InChI=1S/C21H18F6N2O4/c22-14-2-1-11(18(31)28-12-8-15(23)17(25)16(24)9-12)7-13(14)21(26,27)19(32)29-5-3-20(33,10-30)4-6-29/h1-2,7-9,30,33H,3-6,10H2,(H,28,31). The van der Waals surface area contributed by atoms with Crippen molar-refractivity contribution in [2.45, 2.75) is 24.4 Å². The number of alkyl halides is 2. The molecule has 1 heterocycles. The first-order valence-corrected chi connectivity index (χ1v) is 9.64. The highest BCUT2D eigenvalue weighted by Crippen LogP contribution is 2.35. The van der Waals surface area contributed by atoms with Crippen LogP contribution in [0.2, 0.25) is 0 Å². The van der Waals surface area contributed by atoms with Crippen molar-refractivity contribution in [1.82, 2.24) is 4.90 Å². The van der Waals surface area contributed by atoms with Crippen LogP contribution in [0.1, 0.15) is 28.8 Å². The van der Waals surface area contributed by atoms with Crippen LogP contribution >= 0.6 is 0 Å². The van der Waals surface area contributed by atoms with Gasteiger partial charge in [-0.3, -0.25) is 9.59 Å². The summed E-state index contributed by atoms with van der Waals surface area (Å²) in [6.07, 6.45) is -0.331. The van der Waals surface area contributed by atoms with Gasteiger partial charge in [0.15, 0.2) is 17.5 Å². The zero-order chi connectivity index (χ0) is 24.6. The van der Waals surface area contributed by atoms with Crippen molar-refractivity contribution in [3.63, 3.8) is 0 Å². The zero-order valence-electron chi connectivity index (χ0n) is 16.8. The van der Waals surface area contributed by atoms with Gasteiger partial charge in [0.1, 0.15) is 5.82 Å². The maximum absolute atomic E-state index is 14.9. The van der Waals surface area contributed by atoms with Crippen LogP contribution in [0, 0.1) is 23.3 Å². The molecule has 2 amide bonds. The maximum Gasteiger partial charge on any atom is 0.352 e. The molecule has 2 aromatic carbocycles. The van der Waals surface area contributed by atoms with E-state index >= 15 is 0 Å². The number of amides is 2. The minimum absolute atomic E-state index is 0.166. The average Bonchev–Trinajstić information content (AvgIpc) is 2.77. The van der Waals surface area contributed by atoms with E-state index in [1.165, 1.54) is 0 Å². The molecule has 1 saturated heterocycles. The summed E-state index contributed by atoms with van der Waals surface area (Å²) in [6.45, 7) is -1.23. The summed E-state index contributed by atoms with van der Waals surface area (Å²) in [4.78, 5) is 25.4. The number of aliphatic hydroxyl groups is 2. The van der Waals surface area contributed by atoms with E-state index in [9.17, 15) is 41.0 Å². The van der Waals surface area contributed by atoms with Gasteiger partial charge in [0.05, 0.1) is 17.8 Å². The Morgan fingerprint density at radius 1 is 1.00 bits per heavy atom. The van der Waals surface area contributed by atoms with Crippen LogP contribution in [-0.4, -0.2) is 52.2 Å². The fraction of sp³-hybridized carbons (Fsp3) is 0.333. The lowest BCUT2D eigenvalue weighted by Crippen LogP contribution is -2.52. The molecule has 0 saturated carbocycles. The highest BCUT2D eigenvalue weighted by Gasteiger charge is 2.48. The molecule has 0 spiro atoms. The molecule has 0 unspecified atom stereocenters. The Balaban J connectivity index is 1.83. The molecular weight excluding hydrogens is 458 g/mol. The Morgan fingerprint density at radius 3 is 2.12 bits per heavy atom. The van der Waals surface area contributed by atoms with Gasteiger partial charge < -0.3 is 20.4 Å². The molecule has 1 aliphatic heterocycles. The Morgan fingerprint density at radius 2 is 1.58 bits per heavy atom. The number of nitrogens with zero attached hydrogens (tertiary/aromatic N) is 1. The predicted molar refractivity (Wildman–Crippen MR) is 102 cm³/mol. The molecule has 178 valence electrons. The third-order valence-electron chi connectivity index (χ3n) is 5.35. The number of piperidine rings is 1. The number of carbonyl (C=O) groups is 2. The van der Waals surface area contributed by atoms with Gasteiger partial charge in [-0.2, -0.15) is 8.78 Å². The first kappa shape index (κ1) is 24.5. The number of nitrogens with one attached hydrogen (secondary N) is 1. The normalized spacial score (nSPS) is 15.9. The van der Waals surface area contributed by atoms with Gasteiger partial charge in [0.2, 0.25) is 0 Å². The van der Waals surface area contributed by atoms with Gasteiger partial charge >= 0.3 is 5.92 Å². The second-order valence-electron chi connectivity index (χ2n) is 7.65. The van der Waals surface area contributed by atoms with E-state index in [-0.39, 0.29) is 25.9 Å². The van der Waals surface area contributed by atoms with Gasteiger partial charge in [-0.15, -0.1) is 0 Å². The van der Waals surface area contributed by atoms with Crippen LogP contribution in [0.3, 0.4) is 0 Å². The monoisotopic (exact) mass is 476 g/mol. The molecule has 0 atom stereocenters. The van der Waals surface area contributed by atoms with Gasteiger partial charge in [0.25, 0.3) is 11.8 Å². The minimum Gasteiger partial charge on any atom is -0.393 e. The lowest BCUT2D eigenvalue weighted by Gasteiger charge is -2.38. The predicted octanol–water partition coefficient (Wildman–Crippen LogP) is 2.93. The molecule has 2 aromatic rings. The number of rotatable bonds is 5. The third-order valence-corrected chi connectivity index (χ3v) is 5.35. The topological polar surface area (TPSA) is 89.9 Å². The summed E-state index contributed by atoms with van der Waals surface area (Å²) in [5.41, 5.74) is -3.99. The van der Waals surface area contributed by atoms with Crippen LogP contribution in [0.15, 0.2) is 30.3 Å². The third kappa shape index (κ3) is 4.96. The summed E-state index contributed by atoms with van der Waals surface area (Å²) in [5, 5.41) is 21.1. The highest BCUT2D eigenvalue weighted by atomic mass is 19.3. The van der Waals surface area contributed by atoms with Crippen LogP contribution in [0.5, 0.6) is 0 Å². The Labute approximate surface area is 183 Å². The van der Waals surface area contributed by atoms with Crippen molar-refractivity contribution < 1.29 is 46.1 Å². The second kappa shape index (κ2) is 9.02. The average molecular weight is 476 g/mol. The number of hydrogen-bond donors (Lipinski definition) is 3. The molecule has 3 rings (SSSR count). The smallest absolute Gasteiger partial charge is 0.352 e. The summed E-state index contributed by atoms with van der Waals surface area (Å²) >= 11 is 0. The van der Waals surface area contributed by atoms with Crippen molar-refractivity contribution in [2.75, 3.05) is 25.0 Å². The van der Waals surface area contributed by atoms with Crippen molar-refractivity contribution in [2.24, 2.45) is 0 Å². The van der Waals surface area contributed by atoms with Crippen molar-refractivity contribution in [3.8, 4) is 0 Å². The van der Waals surface area contributed by atoms with Gasteiger partial charge in [-0.05, 0) is 31.0 Å². The van der Waals surface area contributed by atoms with Gasteiger partial charge in [-0.25, -0.2) is 17.6 Å². The largest absolute Gasteiger partial charge is 0.393 e. The van der Waals surface area contributed by atoms with Gasteiger partial charge in [0, 0.05) is 36.5 Å². The van der Waals surface area contributed by atoms with E-state index in [1.54, 1.807) is 0 Å². The van der Waals surface area contributed by atoms with E-state index < -0.39 is 70.0 Å². The fourth-order valence-electron chi connectivity index (χ4n) is 3.34. The molecule has 0 radical (unpaired) electrons. The van der Waals surface area contributed by atoms with E-state index in [0.717, 1.165) is 6.07 Å². The van der Waals surface area contributed by atoms with E-state index in [1.807, 2.05) is 5.32 Å². The molecule has 1 fully saturated rings. The molecule has 33 heavy (non-hydrogen) atoms. The van der Waals surface area contributed by atoms with Crippen molar-refractivity contribution in [3.05, 3.63) is 64.7 Å². The first-order valence-electron chi connectivity index (χ1n) is 9.64. The molecule has 0 bridgehead atoms. The quantitative estimate of drug-likeness (QED) is 0.458. The zero-order valence-corrected chi connectivity index (χ0v) is 16.8. The number of halogens is 6. The number of likely N-dealkylation sites (tertiary alicyclic amines) is 1. The molecule has 0 aromatic heterocycles. The minimum atomic E-state index is -4.39. The molecule has 12 heteroatoms. The van der Waals surface area contributed by atoms with E-state index in [0.29, 0.717) is 29.2 Å². The van der Waals surface area contributed by atoms with Crippen molar-refractivity contribution >= 4 is 17.5 Å². The number of aliphatic hydroxyl groups excluding tert-OH is 1. The lowest BCUT2D eigenvalue weighted by molar-refractivity contribution is -0.164. The van der Waals surface area contributed by atoms with Crippen LogP contribution in [0.25, 0.3) is 0 Å². The van der Waals surface area contributed by atoms with Crippen molar-refractivity contribution in [1.29, 1.82) is 0 Å². The number of benzene rings is 2. The van der Waals surface area contributed by atoms with Gasteiger partial charge in [-0.1, -0.05) is 0 Å².